The average Bonchev–Trinajstić information content (AvgIpc) is 2.14. The lowest BCUT2D eigenvalue weighted by molar-refractivity contribution is -0.116. The number of nitrogens with one attached hydrogen (secondary N) is 1. The second kappa shape index (κ2) is 3.47. The molecule has 1 aliphatic heterocycles. The molecule has 0 aliphatic carbocycles. The summed E-state index contributed by atoms with van der Waals surface area (Å²) in [5.41, 5.74) is 1.17. The van der Waals surface area contributed by atoms with Gasteiger partial charge in [0.05, 0.1) is 11.4 Å². The largest absolute Gasteiger partial charge is 0.377 e. The van der Waals surface area contributed by atoms with E-state index in [1.54, 1.807) is 11.0 Å². The van der Waals surface area contributed by atoms with E-state index in [-0.39, 0.29) is 17.3 Å². The van der Waals surface area contributed by atoms with Crippen LogP contribution >= 0.6 is 0 Å². The highest BCUT2D eigenvalue weighted by Crippen LogP contribution is 2.34. The molecule has 86 valence electrons. The number of hydrogen-bond donors (Lipinski definition) is 1. The Labute approximate surface area is 94.3 Å². The Morgan fingerprint density at radius 3 is 2.81 bits per heavy atom. The Balaban J connectivity index is 2.51. The summed E-state index contributed by atoms with van der Waals surface area (Å²) < 4.78 is 13.1. The van der Waals surface area contributed by atoms with E-state index in [0.29, 0.717) is 12.2 Å². The molecule has 3 nitrogen and oxygen atoms in total. The van der Waals surface area contributed by atoms with Gasteiger partial charge in [0.15, 0.2) is 0 Å². The molecule has 0 atom stereocenters. The van der Waals surface area contributed by atoms with Crippen LogP contribution in [0.25, 0.3) is 0 Å². The lowest BCUT2D eigenvalue weighted by atomic mass is 9.99. The van der Waals surface area contributed by atoms with Crippen molar-refractivity contribution in [3.05, 3.63) is 24.0 Å². The number of halogens is 1. The molecule has 1 heterocycles. The highest BCUT2D eigenvalue weighted by Gasteiger charge is 2.31. The number of nitrogens with zero attached hydrogens (tertiary/aromatic N) is 1. The number of anilines is 2. The highest BCUT2D eigenvalue weighted by molar-refractivity contribution is 5.96. The molecule has 1 aromatic carbocycles. The van der Waals surface area contributed by atoms with Crippen LogP contribution in [0.1, 0.15) is 20.8 Å². The maximum Gasteiger partial charge on any atom is 0.224 e. The fraction of sp³-hybridized carbons (Fsp3) is 0.417. The van der Waals surface area contributed by atoms with Crippen molar-refractivity contribution in [3.8, 4) is 0 Å². The van der Waals surface area contributed by atoms with Gasteiger partial charge in [-0.25, -0.2) is 4.39 Å². The summed E-state index contributed by atoms with van der Waals surface area (Å²) in [5, 5.41) is 3.23. The molecule has 0 spiro atoms. The number of carbonyl (C=O) groups excluding carboxylic acids is 1. The van der Waals surface area contributed by atoms with E-state index in [0.717, 1.165) is 5.69 Å². The van der Waals surface area contributed by atoms with Crippen LogP contribution in [0.5, 0.6) is 0 Å². The Bertz CT molecular complexity index is 443. The normalized spacial score (nSPS) is 17.6. The molecule has 0 saturated heterocycles. The van der Waals surface area contributed by atoms with Gasteiger partial charge < -0.3 is 10.2 Å². The number of hydrogen-bond acceptors (Lipinski definition) is 2. The molecule has 0 radical (unpaired) electrons. The Morgan fingerprint density at radius 1 is 1.50 bits per heavy atom. The van der Waals surface area contributed by atoms with Gasteiger partial charge in [-0.2, -0.15) is 0 Å². The standard InChI is InChI=1S/C12H15FN2O/c1-8(16)15-7-12(2,3)14-10-6-9(13)4-5-11(10)15/h4-6,14H,7H2,1-3H3. The number of fused-ring (bicyclic) bond motifs is 1. The van der Waals surface area contributed by atoms with E-state index in [1.165, 1.54) is 19.1 Å². The van der Waals surface area contributed by atoms with Crippen molar-refractivity contribution < 1.29 is 9.18 Å². The van der Waals surface area contributed by atoms with Crippen molar-refractivity contribution in [3.63, 3.8) is 0 Å². The zero-order valence-corrected chi connectivity index (χ0v) is 9.67. The highest BCUT2D eigenvalue weighted by atomic mass is 19.1. The van der Waals surface area contributed by atoms with Crippen molar-refractivity contribution >= 4 is 17.3 Å². The molecule has 1 N–H and O–H groups in total. The van der Waals surface area contributed by atoms with Crippen LogP contribution in [-0.4, -0.2) is 18.0 Å². The average molecular weight is 222 g/mol. The molecule has 0 aromatic heterocycles. The molecule has 16 heavy (non-hydrogen) atoms. The van der Waals surface area contributed by atoms with Gasteiger partial charge in [0, 0.05) is 19.0 Å². The van der Waals surface area contributed by atoms with E-state index < -0.39 is 0 Å². The predicted octanol–water partition coefficient (Wildman–Crippen LogP) is 2.38. The summed E-state index contributed by atoms with van der Waals surface area (Å²) in [6.45, 7) is 6.07. The Hall–Kier alpha value is -1.58. The third-order valence-electron chi connectivity index (χ3n) is 2.66. The minimum absolute atomic E-state index is 0.0255. The van der Waals surface area contributed by atoms with Gasteiger partial charge >= 0.3 is 0 Å². The summed E-state index contributed by atoms with van der Waals surface area (Å²) in [4.78, 5) is 13.2. The zero-order valence-electron chi connectivity index (χ0n) is 9.67. The summed E-state index contributed by atoms with van der Waals surface area (Å²) in [6, 6.07) is 4.43. The molecule has 1 amide bonds. The molecule has 0 fully saturated rings. The lowest BCUT2D eigenvalue weighted by Gasteiger charge is -2.40. The molecule has 1 aromatic rings. The maximum absolute atomic E-state index is 13.1. The molecular weight excluding hydrogens is 207 g/mol. The molecule has 1 aliphatic rings. The minimum atomic E-state index is -0.299. The second-order valence-electron chi connectivity index (χ2n) is 4.78. The van der Waals surface area contributed by atoms with Gasteiger partial charge in [-0.1, -0.05) is 0 Å². The van der Waals surface area contributed by atoms with Crippen LogP contribution in [-0.2, 0) is 4.79 Å². The molecule has 0 unspecified atom stereocenters. The topological polar surface area (TPSA) is 32.3 Å². The molecule has 0 saturated carbocycles. The van der Waals surface area contributed by atoms with Crippen LogP contribution < -0.4 is 10.2 Å². The predicted molar refractivity (Wildman–Crippen MR) is 62.1 cm³/mol. The van der Waals surface area contributed by atoms with Crippen molar-refractivity contribution in [2.45, 2.75) is 26.3 Å². The smallest absolute Gasteiger partial charge is 0.224 e. The second-order valence-corrected chi connectivity index (χ2v) is 4.78. The van der Waals surface area contributed by atoms with E-state index in [2.05, 4.69) is 5.32 Å². The summed E-state index contributed by atoms with van der Waals surface area (Å²) in [7, 11) is 0. The van der Waals surface area contributed by atoms with Crippen molar-refractivity contribution in [1.82, 2.24) is 0 Å². The third-order valence-corrected chi connectivity index (χ3v) is 2.66. The van der Waals surface area contributed by atoms with Crippen LogP contribution in [0.15, 0.2) is 18.2 Å². The Kier molecular flexibility index (Phi) is 2.37. The lowest BCUT2D eigenvalue weighted by Crippen LogP contribution is -2.50. The van der Waals surface area contributed by atoms with Crippen LogP contribution in [0.3, 0.4) is 0 Å². The van der Waals surface area contributed by atoms with Gasteiger partial charge in [-0.05, 0) is 32.0 Å². The van der Waals surface area contributed by atoms with E-state index in [1.807, 2.05) is 13.8 Å². The van der Waals surface area contributed by atoms with E-state index >= 15 is 0 Å². The molecule has 0 bridgehead atoms. The van der Waals surface area contributed by atoms with Gasteiger partial charge in [0.2, 0.25) is 5.91 Å². The number of benzene rings is 1. The number of amides is 1. The van der Waals surface area contributed by atoms with Crippen molar-refractivity contribution in [1.29, 1.82) is 0 Å². The van der Waals surface area contributed by atoms with E-state index in [9.17, 15) is 9.18 Å². The van der Waals surface area contributed by atoms with Crippen molar-refractivity contribution in [2.24, 2.45) is 0 Å². The number of rotatable bonds is 0. The first-order valence-corrected chi connectivity index (χ1v) is 5.25. The van der Waals surface area contributed by atoms with Crippen LogP contribution in [0, 0.1) is 5.82 Å². The quantitative estimate of drug-likeness (QED) is 0.731. The third kappa shape index (κ3) is 1.87. The maximum atomic E-state index is 13.1. The van der Waals surface area contributed by atoms with Crippen LogP contribution in [0.2, 0.25) is 0 Å². The zero-order chi connectivity index (χ0) is 11.9. The van der Waals surface area contributed by atoms with Gasteiger partial charge in [-0.15, -0.1) is 0 Å². The SMILES string of the molecule is CC(=O)N1CC(C)(C)Nc2cc(F)ccc21. The molecule has 4 heteroatoms. The van der Waals surface area contributed by atoms with Crippen molar-refractivity contribution in [2.75, 3.05) is 16.8 Å². The van der Waals surface area contributed by atoms with Crippen LogP contribution in [0.4, 0.5) is 15.8 Å². The summed E-state index contributed by atoms with van der Waals surface area (Å²) in [6.07, 6.45) is 0. The Morgan fingerprint density at radius 2 is 2.19 bits per heavy atom. The summed E-state index contributed by atoms with van der Waals surface area (Å²) >= 11 is 0. The molecule has 2 rings (SSSR count). The fourth-order valence-electron chi connectivity index (χ4n) is 2.01. The summed E-state index contributed by atoms with van der Waals surface area (Å²) in [5.74, 6) is -0.324. The number of carbonyl (C=O) groups is 1. The molecular formula is C12H15FN2O. The minimum Gasteiger partial charge on any atom is -0.377 e. The monoisotopic (exact) mass is 222 g/mol. The first-order chi connectivity index (χ1) is 7.39. The van der Waals surface area contributed by atoms with Gasteiger partial charge in [0.1, 0.15) is 5.82 Å². The van der Waals surface area contributed by atoms with Gasteiger partial charge in [0.25, 0.3) is 0 Å². The fourth-order valence-corrected chi connectivity index (χ4v) is 2.01. The van der Waals surface area contributed by atoms with E-state index in [4.69, 9.17) is 0 Å². The first kappa shape index (κ1) is 10.9. The first-order valence-electron chi connectivity index (χ1n) is 5.25. The van der Waals surface area contributed by atoms with Gasteiger partial charge in [-0.3, -0.25) is 4.79 Å².